The zero-order chi connectivity index (χ0) is 26.4. The predicted molar refractivity (Wildman–Crippen MR) is 150 cm³/mol. The predicted octanol–water partition coefficient (Wildman–Crippen LogP) is 7.08. The Balaban J connectivity index is 0.00000308. The maximum Gasteiger partial charge on any atom is 0.135 e. The van der Waals surface area contributed by atoms with E-state index in [4.69, 9.17) is 9.72 Å². The van der Waals surface area contributed by atoms with Crippen LogP contribution >= 0.6 is 0 Å². The van der Waals surface area contributed by atoms with Gasteiger partial charge in [-0.2, -0.15) is 18.0 Å². The van der Waals surface area contributed by atoms with E-state index in [1.807, 2.05) is 90.6 Å². The fourth-order valence-electron chi connectivity index (χ4n) is 4.73. The maximum absolute atomic E-state index is 10.2. The minimum Gasteiger partial charge on any atom is -0.510 e. The number of hydrogen-bond acceptors (Lipinski definition) is 5. The fraction of sp³-hybridized carbons (Fsp3) is 0.156. The molecule has 7 heteroatoms. The van der Waals surface area contributed by atoms with Gasteiger partial charge in [0.1, 0.15) is 5.82 Å². The minimum atomic E-state index is -0.0378. The van der Waals surface area contributed by atoms with E-state index in [0.717, 1.165) is 33.3 Å². The van der Waals surface area contributed by atoms with Crippen molar-refractivity contribution in [1.82, 2.24) is 14.5 Å². The van der Waals surface area contributed by atoms with Gasteiger partial charge in [-0.15, -0.1) is 36.0 Å². The Morgan fingerprint density at radius 1 is 0.974 bits per heavy atom. The van der Waals surface area contributed by atoms with E-state index in [0.29, 0.717) is 17.1 Å². The van der Waals surface area contributed by atoms with E-state index >= 15 is 0 Å². The third kappa shape index (κ3) is 4.91. The molecule has 0 saturated heterocycles. The molecule has 0 fully saturated rings. The number of hydrogen-bond donors (Lipinski definition) is 0. The van der Waals surface area contributed by atoms with Crippen LogP contribution in [-0.4, -0.2) is 21.5 Å². The molecule has 0 atom stereocenters. The van der Waals surface area contributed by atoms with Crippen LogP contribution < -0.4 is 9.64 Å². The first-order chi connectivity index (χ1) is 18.3. The summed E-state index contributed by atoms with van der Waals surface area (Å²) in [6.07, 6.45) is 5.76. The first-order valence-corrected chi connectivity index (χ1v) is 12.4. The number of pyridine rings is 1. The van der Waals surface area contributed by atoms with Crippen LogP contribution in [0, 0.1) is 30.1 Å². The summed E-state index contributed by atoms with van der Waals surface area (Å²) in [6.45, 7) is 8.51. The summed E-state index contributed by atoms with van der Waals surface area (Å²) < 4.78 is 8.31. The summed E-state index contributed by atoms with van der Waals surface area (Å²) in [6, 6.07) is 28.8. The van der Waals surface area contributed by atoms with Gasteiger partial charge in [0.15, 0.2) is 0 Å². The molecule has 0 spiro atoms. The van der Waals surface area contributed by atoms with Crippen molar-refractivity contribution in [3.63, 3.8) is 0 Å². The van der Waals surface area contributed by atoms with Gasteiger partial charge in [-0.1, -0.05) is 49.9 Å². The topological polar surface area (TPSA) is 57.3 Å². The quantitative estimate of drug-likeness (QED) is 0.189. The molecule has 39 heavy (non-hydrogen) atoms. The molecular formula is C32H26N5OPt-3. The van der Waals surface area contributed by atoms with Crippen molar-refractivity contribution >= 4 is 27.5 Å². The zero-order valence-electron chi connectivity index (χ0n) is 22.0. The van der Waals surface area contributed by atoms with Crippen molar-refractivity contribution < 1.29 is 25.8 Å². The molecule has 2 aromatic heterocycles. The van der Waals surface area contributed by atoms with Gasteiger partial charge in [0, 0.05) is 44.3 Å². The zero-order valence-corrected chi connectivity index (χ0v) is 24.3. The van der Waals surface area contributed by atoms with Gasteiger partial charge in [0.05, 0.1) is 6.07 Å². The molecule has 0 bridgehead atoms. The first-order valence-electron chi connectivity index (χ1n) is 12.4. The molecule has 0 unspecified atom stereocenters. The van der Waals surface area contributed by atoms with Crippen molar-refractivity contribution in [2.45, 2.75) is 26.2 Å². The van der Waals surface area contributed by atoms with Gasteiger partial charge < -0.3 is 19.1 Å². The summed E-state index contributed by atoms with van der Waals surface area (Å²) in [5, 5.41) is 12.0. The third-order valence-corrected chi connectivity index (χ3v) is 6.64. The van der Waals surface area contributed by atoms with Crippen molar-refractivity contribution in [2.24, 2.45) is 0 Å². The first kappa shape index (κ1) is 26.5. The average molecular weight is 692 g/mol. The fourth-order valence-corrected chi connectivity index (χ4v) is 4.73. The maximum atomic E-state index is 10.2. The molecule has 0 amide bonds. The Kier molecular flexibility index (Phi) is 6.97. The molecule has 198 valence electrons. The molecule has 1 aliphatic heterocycles. The van der Waals surface area contributed by atoms with E-state index in [1.54, 1.807) is 6.07 Å². The number of nitriles is 1. The average Bonchev–Trinajstić information content (AvgIpc) is 3.49. The molecular weight excluding hydrogens is 665 g/mol. The van der Waals surface area contributed by atoms with Crippen LogP contribution in [0.25, 0.3) is 27.6 Å². The van der Waals surface area contributed by atoms with E-state index in [-0.39, 0.29) is 26.5 Å². The Morgan fingerprint density at radius 3 is 2.54 bits per heavy atom. The molecule has 0 N–H and O–H groups in total. The number of ether oxygens (including phenoxy) is 1. The summed E-state index contributed by atoms with van der Waals surface area (Å²) in [5.74, 6) is 1.75. The summed E-state index contributed by atoms with van der Waals surface area (Å²) >= 11 is 0. The van der Waals surface area contributed by atoms with Crippen LogP contribution in [0.1, 0.15) is 31.9 Å². The number of nitrogens with zero attached hydrogens (tertiary/aromatic N) is 5. The van der Waals surface area contributed by atoms with Gasteiger partial charge in [-0.25, -0.2) is 4.98 Å². The van der Waals surface area contributed by atoms with Crippen molar-refractivity contribution in [3.8, 4) is 23.4 Å². The van der Waals surface area contributed by atoms with Crippen LogP contribution in [0.15, 0.2) is 79.3 Å². The Bertz CT molecular complexity index is 1760. The second kappa shape index (κ2) is 10.2. The molecule has 1 aliphatic rings. The molecule has 6 rings (SSSR count). The van der Waals surface area contributed by atoms with Crippen LogP contribution in [0.2, 0.25) is 0 Å². The van der Waals surface area contributed by atoms with E-state index in [2.05, 4.69) is 49.6 Å². The van der Waals surface area contributed by atoms with Crippen LogP contribution in [0.5, 0.6) is 11.5 Å². The van der Waals surface area contributed by atoms with E-state index < -0.39 is 0 Å². The number of aromatic nitrogens is 2. The molecule has 0 radical (unpaired) electrons. The Labute approximate surface area is 243 Å². The Hall–Kier alpha value is -4.07. The standard InChI is InChI=1S/C32H26N5O.Pt/c1-32(2,3)23-12-13-34-30(17-23)37-28-11-6-5-10-27(28)31-22(20-33)16-26(19-29(31)37)38-25-9-7-8-24(18-25)36-15-14-35(4)21-36;/h5-17,21H,1-4H3;/q-3;. The summed E-state index contributed by atoms with van der Waals surface area (Å²) in [5.41, 5.74) is 4.20. The summed E-state index contributed by atoms with van der Waals surface area (Å²) in [4.78, 5) is 8.65. The largest absolute Gasteiger partial charge is 0.510 e. The van der Waals surface area contributed by atoms with Gasteiger partial charge in [0.25, 0.3) is 0 Å². The Morgan fingerprint density at radius 2 is 1.79 bits per heavy atom. The second-order valence-electron chi connectivity index (χ2n) is 10.4. The monoisotopic (exact) mass is 691 g/mol. The minimum absolute atomic E-state index is 0. The van der Waals surface area contributed by atoms with E-state index in [9.17, 15) is 5.26 Å². The number of fused-ring (bicyclic) bond motifs is 3. The molecule has 0 saturated carbocycles. The number of anilines is 1. The second-order valence-corrected chi connectivity index (χ2v) is 10.4. The number of para-hydroxylation sites is 1. The smallest absolute Gasteiger partial charge is 0.135 e. The van der Waals surface area contributed by atoms with Crippen LogP contribution in [0.3, 0.4) is 0 Å². The van der Waals surface area contributed by atoms with Crippen LogP contribution in [0.4, 0.5) is 5.69 Å². The molecule has 3 heterocycles. The van der Waals surface area contributed by atoms with Gasteiger partial charge >= 0.3 is 0 Å². The molecule has 6 nitrogen and oxygen atoms in total. The molecule has 5 aromatic rings. The SMILES string of the molecule is CN1C=CN(c2[c-]c(Oc3[c-]c4c(c(C#N)c3)c3ccccc3n4-c3cc(C(C)(C)C)ccn3)ccc2)[CH-]1.[Pt]. The number of rotatable bonds is 4. The van der Waals surface area contributed by atoms with Crippen molar-refractivity contribution in [2.75, 3.05) is 11.9 Å². The van der Waals surface area contributed by atoms with Gasteiger partial charge in [-0.3, -0.25) is 0 Å². The van der Waals surface area contributed by atoms with Crippen molar-refractivity contribution in [1.29, 1.82) is 5.26 Å². The van der Waals surface area contributed by atoms with E-state index in [1.165, 1.54) is 5.56 Å². The van der Waals surface area contributed by atoms with Gasteiger partial charge in [0.2, 0.25) is 0 Å². The normalized spacial score (nSPS) is 13.1. The van der Waals surface area contributed by atoms with Crippen molar-refractivity contribution in [3.05, 3.63) is 109 Å². The number of benzene rings is 3. The molecule has 0 aliphatic carbocycles. The van der Waals surface area contributed by atoms with Gasteiger partial charge in [-0.05, 0) is 59.6 Å². The summed E-state index contributed by atoms with van der Waals surface area (Å²) in [7, 11) is 1.97. The molecule has 3 aromatic carbocycles. The third-order valence-electron chi connectivity index (χ3n) is 6.64. The van der Waals surface area contributed by atoms with Crippen LogP contribution in [-0.2, 0) is 26.5 Å².